The zero-order chi connectivity index (χ0) is 30.2. The predicted octanol–water partition coefficient (Wildman–Crippen LogP) is 4.86. The second-order valence-electron chi connectivity index (χ2n) is 10.1. The minimum atomic E-state index is -1.14. The number of anilines is 2. The molecule has 4 aromatic rings. The third-order valence-corrected chi connectivity index (χ3v) is 7.33. The van der Waals surface area contributed by atoms with Crippen LogP contribution in [-0.4, -0.2) is 61.8 Å². The normalized spacial score (nSPS) is 13.8. The number of halogens is 1. The molecule has 0 unspecified atom stereocenters. The van der Waals surface area contributed by atoms with Gasteiger partial charge >= 0.3 is 0 Å². The van der Waals surface area contributed by atoms with E-state index in [0.29, 0.717) is 86.4 Å². The van der Waals surface area contributed by atoms with Gasteiger partial charge in [-0.25, -0.2) is 14.4 Å². The van der Waals surface area contributed by atoms with Crippen LogP contribution in [0.15, 0.2) is 66.7 Å². The molecule has 5 rings (SSSR count). The highest BCUT2D eigenvalue weighted by atomic mass is 19.1. The molecule has 1 saturated heterocycles. The number of hydrogen-bond acceptors (Lipinski definition) is 8. The Morgan fingerprint density at radius 2 is 1.58 bits per heavy atom. The molecule has 10 heteroatoms. The molecule has 1 aliphatic rings. The van der Waals surface area contributed by atoms with E-state index in [1.54, 1.807) is 12.1 Å². The topological polar surface area (TPSA) is 104 Å². The minimum absolute atomic E-state index is 0.269. The van der Waals surface area contributed by atoms with Crippen LogP contribution in [0.25, 0.3) is 11.0 Å². The van der Waals surface area contributed by atoms with Gasteiger partial charge in [0.15, 0.2) is 23.2 Å². The number of carbonyl (C=O) groups is 1. The van der Waals surface area contributed by atoms with E-state index in [0.717, 1.165) is 11.3 Å². The number of nitriles is 1. The maximum atomic E-state index is 13.4. The summed E-state index contributed by atoms with van der Waals surface area (Å²) >= 11 is 0. The lowest BCUT2D eigenvalue weighted by Crippen LogP contribution is -2.47. The van der Waals surface area contributed by atoms with Crippen LogP contribution in [0.3, 0.4) is 0 Å². The molecular weight excluding hydrogens is 547 g/mol. The molecular formula is C33H35FN6O3. The molecule has 9 nitrogen and oxygen atoms in total. The number of hydrogen-bond donors (Lipinski definition) is 1. The van der Waals surface area contributed by atoms with E-state index < -0.39 is 11.8 Å². The van der Waals surface area contributed by atoms with E-state index in [-0.39, 0.29) is 5.82 Å². The largest absolute Gasteiger partial charge is 0.490 e. The second kappa shape index (κ2) is 13.8. The third kappa shape index (κ3) is 6.95. The van der Waals surface area contributed by atoms with Gasteiger partial charge in [0, 0.05) is 38.4 Å². The van der Waals surface area contributed by atoms with E-state index in [1.807, 2.05) is 56.3 Å². The van der Waals surface area contributed by atoms with Crippen LogP contribution in [-0.2, 0) is 11.2 Å². The number of carbonyl (C=O) groups excluding carboxylic acids is 1. The summed E-state index contributed by atoms with van der Waals surface area (Å²) in [5, 5.41) is 13.1. The van der Waals surface area contributed by atoms with Crippen molar-refractivity contribution >= 4 is 28.4 Å². The van der Waals surface area contributed by atoms with Crippen LogP contribution in [0.5, 0.6) is 11.5 Å². The fraction of sp³-hybridized carbons (Fsp3) is 0.333. The van der Waals surface area contributed by atoms with Crippen LogP contribution in [0.4, 0.5) is 15.9 Å². The fourth-order valence-corrected chi connectivity index (χ4v) is 5.19. The van der Waals surface area contributed by atoms with Gasteiger partial charge in [-0.15, -0.1) is 0 Å². The monoisotopic (exact) mass is 582 g/mol. The van der Waals surface area contributed by atoms with Gasteiger partial charge in [-0.2, -0.15) is 5.26 Å². The van der Waals surface area contributed by atoms with Crippen molar-refractivity contribution in [2.24, 2.45) is 0 Å². The molecule has 0 spiro atoms. The van der Waals surface area contributed by atoms with E-state index >= 15 is 0 Å². The van der Waals surface area contributed by atoms with Crippen molar-refractivity contribution in [2.75, 3.05) is 55.7 Å². The number of fused-ring (bicyclic) bond motifs is 1. The van der Waals surface area contributed by atoms with E-state index in [1.165, 1.54) is 12.1 Å². The van der Waals surface area contributed by atoms with Crippen LogP contribution in [0, 0.1) is 17.1 Å². The summed E-state index contributed by atoms with van der Waals surface area (Å²) < 4.78 is 24.8. The van der Waals surface area contributed by atoms with Gasteiger partial charge in [0.25, 0.3) is 0 Å². The molecule has 222 valence electrons. The Labute approximate surface area is 250 Å². The van der Waals surface area contributed by atoms with Crippen molar-refractivity contribution in [1.82, 2.24) is 15.3 Å². The number of nitrogens with zero attached hydrogens (tertiary/aromatic N) is 5. The zero-order valence-corrected chi connectivity index (χ0v) is 24.4. The first-order valence-electron chi connectivity index (χ1n) is 14.6. The quantitative estimate of drug-likeness (QED) is 0.268. The molecule has 1 aromatic heterocycles. The lowest BCUT2D eigenvalue weighted by molar-refractivity contribution is -0.121. The highest BCUT2D eigenvalue weighted by Gasteiger charge is 2.30. The standard InChI is InChI=1S/C33H35FN6O3/c1-3-42-29-14-9-23(21-30(29)43-4-2)15-16-36-33(41)26(22-35)31-32(38-28-8-6-5-7-27(28)37-31)40-19-17-39(18-20-40)25-12-10-24(34)11-13-25/h5-14,21,26H,3-4,15-20H2,1-2H3,(H,36,41)/t26-/m1/s1. The Morgan fingerprint density at radius 3 is 2.26 bits per heavy atom. The number of nitrogens with one attached hydrogen (secondary N) is 1. The Morgan fingerprint density at radius 1 is 0.930 bits per heavy atom. The van der Waals surface area contributed by atoms with Gasteiger partial charge in [-0.1, -0.05) is 18.2 Å². The fourth-order valence-electron chi connectivity index (χ4n) is 5.19. The third-order valence-electron chi connectivity index (χ3n) is 7.33. The molecule has 0 radical (unpaired) electrons. The molecule has 1 N–H and O–H groups in total. The first kappa shape index (κ1) is 29.6. The predicted molar refractivity (Wildman–Crippen MR) is 164 cm³/mol. The molecule has 0 aliphatic carbocycles. The highest BCUT2D eigenvalue weighted by molar-refractivity contribution is 5.89. The first-order chi connectivity index (χ1) is 21.0. The maximum Gasteiger partial charge on any atom is 0.243 e. The summed E-state index contributed by atoms with van der Waals surface area (Å²) in [5.74, 6) is 0.0538. The van der Waals surface area contributed by atoms with Gasteiger partial charge in [-0.3, -0.25) is 4.79 Å². The van der Waals surface area contributed by atoms with Crippen molar-refractivity contribution in [3.63, 3.8) is 0 Å². The highest BCUT2D eigenvalue weighted by Crippen LogP contribution is 2.30. The molecule has 1 aliphatic heterocycles. The Kier molecular flexibility index (Phi) is 9.52. The van der Waals surface area contributed by atoms with Gasteiger partial charge in [0.1, 0.15) is 11.5 Å². The van der Waals surface area contributed by atoms with Crippen molar-refractivity contribution in [3.8, 4) is 17.6 Å². The number of amides is 1. The average Bonchev–Trinajstić information content (AvgIpc) is 3.03. The van der Waals surface area contributed by atoms with E-state index in [9.17, 15) is 14.4 Å². The van der Waals surface area contributed by atoms with Crippen LogP contribution in [0.1, 0.15) is 31.0 Å². The zero-order valence-electron chi connectivity index (χ0n) is 24.4. The summed E-state index contributed by atoms with van der Waals surface area (Å²) in [6, 6.07) is 21.8. The number of ether oxygens (including phenoxy) is 2. The van der Waals surface area contributed by atoms with E-state index in [4.69, 9.17) is 19.4 Å². The van der Waals surface area contributed by atoms with Crippen molar-refractivity contribution in [1.29, 1.82) is 5.26 Å². The Bertz CT molecular complexity index is 1600. The Hall–Kier alpha value is -4.91. The number of para-hydroxylation sites is 2. The van der Waals surface area contributed by atoms with Gasteiger partial charge in [0.05, 0.1) is 30.3 Å². The van der Waals surface area contributed by atoms with Gasteiger partial charge in [0.2, 0.25) is 5.91 Å². The summed E-state index contributed by atoms with van der Waals surface area (Å²) in [7, 11) is 0. The molecule has 0 saturated carbocycles. The number of aromatic nitrogens is 2. The summed E-state index contributed by atoms with van der Waals surface area (Å²) in [5.41, 5.74) is 3.58. The summed E-state index contributed by atoms with van der Waals surface area (Å²) in [4.78, 5) is 27.3. The van der Waals surface area contributed by atoms with Crippen LogP contribution < -0.4 is 24.6 Å². The van der Waals surface area contributed by atoms with Gasteiger partial charge < -0.3 is 24.6 Å². The number of piperazine rings is 1. The summed E-state index contributed by atoms with van der Waals surface area (Å²) in [6.45, 7) is 7.79. The van der Waals surface area contributed by atoms with Gasteiger partial charge in [-0.05, 0) is 74.4 Å². The minimum Gasteiger partial charge on any atom is -0.490 e. The smallest absolute Gasteiger partial charge is 0.243 e. The van der Waals surface area contributed by atoms with Crippen molar-refractivity contribution in [3.05, 3.63) is 83.8 Å². The molecule has 2 heterocycles. The van der Waals surface area contributed by atoms with Crippen molar-refractivity contribution < 1.29 is 18.7 Å². The first-order valence-corrected chi connectivity index (χ1v) is 14.6. The SMILES string of the molecule is CCOc1ccc(CCNC(=O)[C@H](C#N)c2nc3ccccc3nc2N2CCN(c3ccc(F)cc3)CC2)cc1OCC. The van der Waals surface area contributed by atoms with E-state index in [2.05, 4.69) is 21.2 Å². The maximum absolute atomic E-state index is 13.4. The Balaban J connectivity index is 1.32. The summed E-state index contributed by atoms with van der Waals surface area (Å²) in [6.07, 6.45) is 0.554. The van der Waals surface area contributed by atoms with Crippen LogP contribution in [0.2, 0.25) is 0 Å². The molecule has 1 fully saturated rings. The molecule has 0 bridgehead atoms. The number of benzene rings is 3. The molecule has 1 amide bonds. The number of rotatable bonds is 11. The molecule has 1 atom stereocenters. The molecule has 3 aromatic carbocycles. The van der Waals surface area contributed by atoms with Crippen LogP contribution >= 0.6 is 0 Å². The van der Waals surface area contributed by atoms with Crippen molar-refractivity contribution in [2.45, 2.75) is 26.2 Å². The average molecular weight is 583 g/mol. The molecule has 43 heavy (non-hydrogen) atoms. The second-order valence-corrected chi connectivity index (χ2v) is 10.1. The lowest BCUT2D eigenvalue weighted by Gasteiger charge is -2.37. The lowest BCUT2D eigenvalue weighted by atomic mass is 10.0.